The molecule has 1 aliphatic heterocycles. The lowest BCUT2D eigenvalue weighted by atomic mass is 10.0. The van der Waals surface area contributed by atoms with E-state index < -0.39 is 6.23 Å². The highest BCUT2D eigenvalue weighted by atomic mass is 16.3. The predicted molar refractivity (Wildman–Crippen MR) is 120 cm³/mol. The summed E-state index contributed by atoms with van der Waals surface area (Å²) in [6.45, 7) is 10.4. The Labute approximate surface area is 177 Å². The van der Waals surface area contributed by atoms with Gasteiger partial charge in [-0.2, -0.15) is 9.50 Å². The smallest absolute Gasteiger partial charge is 0.245 e. The third-order valence-electron chi connectivity index (χ3n) is 6.66. The number of piperazine rings is 1. The van der Waals surface area contributed by atoms with Crippen molar-refractivity contribution in [2.24, 2.45) is 5.92 Å². The van der Waals surface area contributed by atoms with Crippen molar-refractivity contribution in [3.63, 3.8) is 0 Å². The second-order valence-electron chi connectivity index (χ2n) is 8.64. The number of aryl methyl sites for hydroxylation is 1. The molecule has 0 bridgehead atoms. The minimum absolute atomic E-state index is 0.332. The van der Waals surface area contributed by atoms with Crippen LogP contribution in [0.4, 0.5) is 17.5 Å². The molecule has 0 amide bonds. The zero-order valence-electron chi connectivity index (χ0n) is 18.0. The number of nitrogens with one attached hydrogen (secondary N) is 1. The van der Waals surface area contributed by atoms with Crippen LogP contribution < -0.4 is 15.1 Å². The number of benzene rings is 1. The van der Waals surface area contributed by atoms with E-state index in [1.54, 1.807) is 0 Å². The molecule has 7 heteroatoms. The molecule has 0 spiro atoms. The van der Waals surface area contributed by atoms with Crippen molar-refractivity contribution in [3.8, 4) is 0 Å². The molecule has 30 heavy (non-hydrogen) atoms. The molecule has 2 aromatic heterocycles. The number of rotatable bonds is 5. The minimum atomic E-state index is -0.560. The molecule has 0 radical (unpaired) electrons. The van der Waals surface area contributed by atoms with Crippen LogP contribution in [0.15, 0.2) is 30.3 Å². The molecule has 7 nitrogen and oxygen atoms in total. The Morgan fingerprint density at radius 3 is 2.43 bits per heavy atom. The molecule has 158 valence electrons. The van der Waals surface area contributed by atoms with E-state index in [2.05, 4.69) is 64.2 Å². The number of fused-ring (bicyclic) bond motifs is 1. The van der Waals surface area contributed by atoms with Crippen molar-refractivity contribution in [1.82, 2.24) is 14.6 Å². The summed E-state index contributed by atoms with van der Waals surface area (Å²) in [6, 6.07) is 10.6. The zero-order chi connectivity index (χ0) is 20.8. The van der Waals surface area contributed by atoms with Crippen LogP contribution in [0.3, 0.4) is 0 Å². The molecular weight excluding hydrogens is 376 g/mol. The maximum atomic E-state index is 10.2. The van der Waals surface area contributed by atoms with E-state index in [1.807, 2.05) is 16.6 Å². The van der Waals surface area contributed by atoms with E-state index in [0.29, 0.717) is 11.9 Å². The maximum Gasteiger partial charge on any atom is 0.245 e. The van der Waals surface area contributed by atoms with Crippen LogP contribution in [0.5, 0.6) is 0 Å². The molecule has 3 aromatic rings. The molecule has 2 N–H and O–H groups in total. The van der Waals surface area contributed by atoms with Gasteiger partial charge in [-0.1, -0.05) is 12.1 Å². The highest BCUT2D eigenvalue weighted by Gasteiger charge is 2.30. The number of hydrogen-bond donors (Lipinski definition) is 2. The molecule has 2 aliphatic rings. The maximum absolute atomic E-state index is 10.2. The summed E-state index contributed by atoms with van der Waals surface area (Å²) >= 11 is 0. The fraction of sp³-hybridized carbons (Fsp3) is 0.478. The molecule has 5 rings (SSSR count). The number of aliphatic hydroxyl groups excluding tert-OH is 1. The topological polar surface area (TPSA) is 68.9 Å². The van der Waals surface area contributed by atoms with Gasteiger partial charge in [-0.25, -0.2) is 0 Å². The lowest BCUT2D eigenvalue weighted by Gasteiger charge is -2.38. The zero-order valence-corrected chi connectivity index (χ0v) is 18.0. The van der Waals surface area contributed by atoms with E-state index in [0.717, 1.165) is 50.5 Å². The van der Waals surface area contributed by atoms with E-state index in [9.17, 15) is 5.11 Å². The van der Waals surface area contributed by atoms with Gasteiger partial charge in [-0.15, -0.1) is 5.10 Å². The Bertz CT molecular complexity index is 1060. The van der Waals surface area contributed by atoms with Gasteiger partial charge in [0.15, 0.2) is 5.65 Å². The summed E-state index contributed by atoms with van der Waals surface area (Å²) in [6.07, 6.45) is 1.57. The number of aromatic nitrogens is 3. The molecule has 2 fully saturated rings. The summed E-state index contributed by atoms with van der Waals surface area (Å²) in [7, 11) is 0. The monoisotopic (exact) mass is 406 g/mol. The SMILES string of the molecule is Cc1ccc(N2CCN(c3cccc4nc(NC(O)C5CC5)nn34)CC2)c(C)c1C. The Kier molecular flexibility index (Phi) is 4.77. The summed E-state index contributed by atoms with van der Waals surface area (Å²) in [4.78, 5) is 9.41. The van der Waals surface area contributed by atoms with Gasteiger partial charge in [-0.05, 0) is 68.5 Å². The quantitative estimate of drug-likeness (QED) is 0.635. The first-order chi connectivity index (χ1) is 14.5. The van der Waals surface area contributed by atoms with Crippen LogP contribution in [0.25, 0.3) is 5.65 Å². The predicted octanol–water partition coefficient (Wildman–Crippen LogP) is 3.12. The van der Waals surface area contributed by atoms with Gasteiger partial charge < -0.3 is 20.2 Å². The van der Waals surface area contributed by atoms with Gasteiger partial charge in [-0.3, -0.25) is 0 Å². The highest BCUT2D eigenvalue weighted by Crippen LogP contribution is 2.33. The van der Waals surface area contributed by atoms with Crippen molar-refractivity contribution in [3.05, 3.63) is 47.0 Å². The Balaban J connectivity index is 1.33. The van der Waals surface area contributed by atoms with Crippen molar-refractivity contribution in [2.75, 3.05) is 41.3 Å². The van der Waals surface area contributed by atoms with E-state index in [4.69, 9.17) is 0 Å². The first-order valence-electron chi connectivity index (χ1n) is 10.9. The van der Waals surface area contributed by atoms with Crippen LogP contribution in [0.1, 0.15) is 29.5 Å². The summed E-state index contributed by atoms with van der Waals surface area (Å²) in [5.41, 5.74) is 6.26. The van der Waals surface area contributed by atoms with Crippen molar-refractivity contribution < 1.29 is 5.11 Å². The van der Waals surface area contributed by atoms with Gasteiger partial charge in [0.25, 0.3) is 0 Å². The summed E-state index contributed by atoms with van der Waals surface area (Å²) in [5.74, 6) is 1.87. The average Bonchev–Trinajstić information content (AvgIpc) is 3.52. The molecule has 1 atom stereocenters. The van der Waals surface area contributed by atoms with Crippen molar-refractivity contribution in [1.29, 1.82) is 0 Å². The van der Waals surface area contributed by atoms with E-state index in [1.165, 1.54) is 22.4 Å². The number of aliphatic hydroxyl groups is 1. The largest absolute Gasteiger partial charge is 0.373 e. The van der Waals surface area contributed by atoms with Gasteiger partial charge in [0.2, 0.25) is 5.95 Å². The Morgan fingerprint density at radius 1 is 0.967 bits per heavy atom. The minimum Gasteiger partial charge on any atom is -0.373 e. The first-order valence-corrected chi connectivity index (χ1v) is 10.9. The number of hydrogen-bond acceptors (Lipinski definition) is 6. The van der Waals surface area contributed by atoms with Crippen LogP contribution >= 0.6 is 0 Å². The van der Waals surface area contributed by atoms with Crippen molar-refractivity contribution in [2.45, 2.75) is 39.8 Å². The number of anilines is 3. The van der Waals surface area contributed by atoms with Gasteiger partial charge in [0.1, 0.15) is 12.0 Å². The molecule has 1 aromatic carbocycles. The van der Waals surface area contributed by atoms with Gasteiger partial charge in [0, 0.05) is 37.8 Å². The normalized spacial score (nSPS) is 18.1. The molecular formula is C23H30N6O. The lowest BCUT2D eigenvalue weighted by molar-refractivity contribution is 0.179. The second-order valence-corrected chi connectivity index (χ2v) is 8.64. The molecule has 1 saturated heterocycles. The summed E-state index contributed by atoms with van der Waals surface area (Å²) < 4.78 is 1.89. The van der Waals surface area contributed by atoms with Crippen LogP contribution in [-0.2, 0) is 0 Å². The fourth-order valence-corrected chi connectivity index (χ4v) is 4.31. The van der Waals surface area contributed by atoms with Gasteiger partial charge >= 0.3 is 0 Å². The first kappa shape index (κ1) is 19.2. The van der Waals surface area contributed by atoms with E-state index >= 15 is 0 Å². The fourth-order valence-electron chi connectivity index (χ4n) is 4.31. The van der Waals surface area contributed by atoms with Crippen LogP contribution in [-0.4, -0.2) is 52.1 Å². The molecule has 1 aliphatic carbocycles. The third-order valence-corrected chi connectivity index (χ3v) is 6.66. The molecule has 1 saturated carbocycles. The standard InChI is InChI=1S/C23H30N6O/c1-15-7-10-19(17(3)16(15)2)27-11-13-28(14-12-27)21-6-4-5-20-24-23(26-29(20)21)25-22(30)18-8-9-18/h4-7,10,18,22,30H,8-9,11-14H2,1-3H3,(H,25,26). The van der Waals surface area contributed by atoms with Crippen molar-refractivity contribution >= 4 is 23.1 Å². The molecule has 3 heterocycles. The molecule has 1 unspecified atom stereocenters. The lowest BCUT2D eigenvalue weighted by Crippen LogP contribution is -2.47. The number of nitrogens with zero attached hydrogens (tertiary/aromatic N) is 5. The van der Waals surface area contributed by atoms with Crippen LogP contribution in [0.2, 0.25) is 0 Å². The summed E-state index contributed by atoms with van der Waals surface area (Å²) in [5, 5.41) is 17.8. The average molecular weight is 407 g/mol. The Hall–Kier alpha value is -2.80. The third kappa shape index (κ3) is 3.47. The second kappa shape index (κ2) is 7.47. The Morgan fingerprint density at radius 2 is 1.70 bits per heavy atom. The van der Waals surface area contributed by atoms with Crippen LogP contribution in [0, 0.1) is 26.7 Å². The van der Waals surface area contributed by atoms with Gasteiger partial charge in [0.05, 0.1) is 0 Å². The highest BCUT2D eigenvalue weighted by molar-refractivity contribution is 5.60. The number of pyridine rings is 1. The van der Waals surface area contributed by atoms with E-state index in [-0.39, 0.29) is 0 Å².